The van der Waals surface area contributed by atoms with E-state index in [1.54, 1.807) is 18.2 Å². The number of hydrogen-bond acceptors (Lipinski definition) is 4. The van der Waals surface area contributed by atoms with E-state index in [9.17, 15) is 13.2 Å². The van der Waals surface area contributed by atoms with Gasteiger partial charge >= 0.3 is 0 Å². The third-order valence-electron chi connectivity index (χ3n) is 2.55. The molecule has 1 aromatic carbocycles. The number of amides is 1. The molecule has 0 radical (unpaired) electrons. The Morgan fingerprint density at radius 1 is 1.26 bits per heavy atom. The van der Waals surface area contributed by atoms with E-state index in [1.807, 2.05) is 0 Å². The van der Waals surface area contributed by atoms with Crippen LogP contribution in [0.3, 0.4) is 0 Å². The van der Waals surface area contributed by atoms with Gasteiger partial charge in [-0.2, -0.15) is 0 Å². The first-order chi connectivity index (χ1) is 8.94. The summed E-state index contributed by atoms with van der Waals surface area (Å²) < 4.78 is 30.8. The van der Waals surface area contributed by atoms with E-state index < -0.39 is 15.9 Å². The molecule has 2 rings (SSSR count). The van der Waals surface area contributed by atoms with Crippen LogP contribution in [0.1, 0.15) is 10.6 Å². The van der Waals surface area contributed by atoms with E-state index in [-0.39, 0.29) is 10.7 Å². The Hall–Kier alpha value is -2.12. The van der Waals surface area contributed by atoms with Gasteiger partial charge in [0.25, 0.3) is 5.91 Å². The Bertz CT molecular complexity index is 719. The number of furan rings is 1. The summed E-state index contributed by atoms with van der Waals surface area (Å²) in [4.78, 5) is 11.1. The Morgan fingerprint density at radius 2 is 2.00 bits per heavy atom. The first kappa shape index (κ1) is 13.3. The molecule has 0 unspecified atom stereocenters. The molecule has 0 aliphatic rings. The van der Waals surface area contributed by atoms with E-state index in [1.165, 1.54) is 25.2 Å². The molecule has 0 saturated heterocycles. The van der Waals surface area contributed by atoms with Crippen molar-refractivity contribution in [1.29, 1.82) is 0 Å². The van der Waals surface area contributed by atoms with Crippen molar-refractivity contribution in [3.8, 4) is 11.3 Å². The molecule has 0 aliphatic carbocycles. The smallest absolute Gasteiger partial charge is 0.284 e. The molecule has 1 aromatic heterocycles. The van der Waals surface area contributed by atoms with Gasteiger partial charge in [0.05, 0.1) is 4.90 Å². The average Bonchev–Trinajstić information content (AvgIpc) is 2.89. The molecule has 0 aliphatic heterocycles. The van der Waals surface area contributed by atoms with Gasteiger partial charge in [-0.25, -0.2) is 13.1 Å². The molecule has 19 heavy (non-hydrogen) atoms. The Morgan fingerprint density at radius 3 is 2.58 bits per heavy atom. The van der Waals surface area contributed by atoms with E-state index in [4.69, 9.17) is 10.2 Å². The Kier molecular flexibility index (Phi) is 3.41. The van der Waals surface area contributed by atoms with E-state index >= 15 is 0 Å². The van der Waals surface area contributed by atoms with Gasteiger partial charge in [0.1, 0.15) is 5.76 Å². The van der Waals surface area contributed by atoms with Crippen molar-refractivity contribution in [2.45, 2.75) is 4.90 Å². The molecule has 1 amide bonds. The second-order valence-corrected chi connectivity index (χ2v) is 5.65. The van der Waals surface area contributed by atoms with Crippen LogP contribution in [0.5, 0.6) is 0 Å². The average molecular weight is 280 g/mol. The molecule has 6 nitrogen and oxygen atoms in total. The highest BCUT2D eigenvalue weighted by atomic mass is 32.2. The van der Waals surface area contributed by atoms with Crippen LogP contribution in [0, 0.1) is 0 Å². The van der Waals surface area contributed by atoms with Gasteiger partial charge in [0.15, 0.2) is 5.76 Å². The molecule has 100 valence electrons. The number of hydrogen-bond donors (Lipinski definition) is 2. The van der Waals surface area contributed by atoms with Gasteiger partial charge in [0, 0.05) is 5.56 Å². The summed E-state index contributed by atoms with van der Waals surface area (Å²) in [6.45, 7) is 0. The third kappa shape index (κ3) is 2.67. The summed E-state index contributed by atoms with van der Waals surface area (Å²) in [5.41, 5.74) is 5.63. The predicted octanol–water partition coefficient (Wildman–Crippen LogP) is 0.954. The highest BCUT2D eigenvalue weighted by Crippen LogP contribution is 2.24. The number of nitrogens with one attached hydrogen (secondary N) is 1. The summed E-state index contributed by atoms with van der Waals surface area (Å²) in [5, 5.41) is 0. The van der Waals surface area contributed by atoms with E-state index in [0.29, 0.717) is 11.3 Å². The standard InChI is InChI=1S/C12H12N2O4S/c1-14-19(16,17)9-4-2-3-8(7-9)10-5-6-11(18-10)12(13)15/h2-7,14H,1H3,(H2,13,15). The number of primary amides is 1. The zero-order valence-corrected chi connectivity index (χ0v) is 10.9. The SMILES string of the molecule is CNS(=O)(=O)c1cccc(-c2ccc(C(N)=O)o2)c1. The van der Waals surface area contributed by atoms with Crippen molar-refractivity contribution in [3.63, 3.8) is 0 Å². The number of rotatable bonds is 4. The van der Waals surface area contributed by atoms with Crippen LogP contribution in [-0.2, 0) is 10.0 Å². The van der Waals surface area contributed by atoms with Gasteiger partial charge in [-0.05, 0) is 31.3 Å². The normalized spacial score (nSPS) is 11.4. The summed E-state index contributed by atoms with van der Waals surface area (Å²) in [7, 11) is -2.19. The second-order valence-electron chi connectivity index (χ2n) is 3.76. The third-order valence-corrected chi connectivity index (χ3v) is 3.96. The number of carbonyl (C=O) groups excluding carboxylic acids is 1. The van der Waals surface area contributed by atoms with Crippen molar-refractivity contribution >= 4 is 15.9 Å². The maximum absolute atomic E-state index is 11.7. The zero-order valence-electron chi connectivity index (χ0n) is 10.1. The fraction of sp³-hybridized carbons (Fsp3) is 0.0833. The minimum absolute atomic E-state index is 0.0249. The number of carbonyl (C=O) groups is 1. The first-order valence-electron chi connectivity index (χ1n) is 5.37. The number of benzene rings is 1. The van der Waals surface area contributed by atoms with Crippen LogP contribution >= 0.6 is 0 Å². The van der Waals surface area contributed by atoms with E-state index in [2.05, 4.69) is 4.72 Å². The molecule has 7 heteroatoms. The Balaban J connectivity index is 2.46. The van der Waals surface area contributed by atoms with Crippen LogP contribution in [-0.4, -0.2) is 21.4 Å². The van der Waals surface area contributed by atoms with Crippen molar-refractivity contribution in [3.05, 3.63) is 42.2 Å². The lowest BCUT2D eigenvalue weighted by Gasteiger charge is -2.04. The highest BCUT2D eigenvalue weighted by Gasteiger charge is 2.14. The summed E-state index contributed by atoms with van der Waals surface area (Å²) in [6, 6.07) is 9.19. The molecular formula is C12H12N2O4S. The molecular weight excluding hydrogens is 268 g/mol. The zero-order chi connectivity index (χ0) is 14.0. The Labute approximate surface area is 110 Å². The predicted molar refractivity (Wildman–Crippen MR) is 68.9 cm³/mol. The molecule has 0 fully saturated rings. The summed E-state index contributed by atoms with van der Waals surface area (Å²) in [5.74, 6) is -0.274. The molecule has 2 aromatic rings. The van der Waals surface area contributed by atoms with Gasteiger partial charge < -0.3 is 10.2 Å². The summed E-state index contributed by atoms with van der Waals surface area (Å²) >= 11 is 0. The van der Waals surface area contributed by atoms with Gasteiger partial charge in [-0.1, -0.05) is 12.1 Å². The minimum Gasteiger partial charge on any atom is -0.451 e. The topological polar surface area (TPSA) is 102 Å². The largest absolute Gasteiger partial charge is 0.451 e. The number of sulfonamides is 1. The maximum Gasteiger partial charge on any atom is 0.284 e. The van der Waals surface area contributed by atoms with Crippen LogP contribution in [0.2, 0.25) is 0 Å². The van der Waals surface area contributed by atoms with E-state index in [0.717, 1.165) is 0 Å². The lowest BCUT2D eigenvalue weighted by molar-refractivity contribution is 0.0974. The van der Waals surface area contributed by atoms with Crippen molar-refractivity contribution in [2.75, 3.05) is 7.05 Å². The second kappa shape index (κ2) is 4.87. The van der Waals surface area contributed by atoms with Crippen molar-refractivity contribution in [1.82, 2.24) is 4.72 Å². The lowest BCUT2D eigenvalue weighted by atomic mass is 10.2. The highest BCUT2D eigenvalue weighted by molar-refractivity contribution is 7.89. The lowest BCUT2D eigenvalue weighted by Crippen LogP contribution is -2.18. The van der Waals surface area contributed by atoms with Crippen LogP contribution in [0.4, 0.5) is 0 Å². The molecule has 0 spiro atoms. The molecule has 0 bridgehead atoms. The van der Waals surface area contributed by atoms with Crippen molar-refractivity contribution < 1.29 is 17.6 Å². The molecule has 0 atom stereocenters. The molecule has 3 N–H and O–H groups in total. The maximum atomic E-state index is 11.7. The fourth-order valence-electron chi connectivity index (χ4n) is 1.56. The quantitative estimate of drug-likeness (QED) is 0.870. The fourth-order valence-corrected chi connectivity index (χ4v) is 2.34. The van der Waals surface area contributed by atoms with Gasteiger partial charge in [0.2, 0.25) is 10.0 Å². The van der Waals surface area contributed by atoms with Gasteiger partial charge in [-0.3, -0.25) is 4.79 Å². The van der Waals surface area contributed by atoms with Crippen LogP contribution < -0.4 is 10.5 Å². The minimum atomic E-state index is -3.52. The monoisotopic (exact) mass is 280 g/mol. The van der Waals surface area contributed by atoms with Crippen molar-refractivity contribution in [2.24, 2.45) is 5.73 Å². The molecule has 0 saturated carbocycles. The molecule has 1 heterocycles. The number of nitrogens with two attached hydrogens (primary N) is 1. The van der Waals surface area contributed by atoms with Crippen LogP contribution in [0.15, 0.2) is 45.7 Å². The summed E-state index contributed by atoms with van der Waals surface area (Å²) in [6.07, 6.45) is 0. The first-order valence-corrected chi connectivity index (χ1v) is 6.86. The van der Waals surface area contributed by atoms with Crippen LogP contribution in [0.25, 0.3) is 11.3 Å². The van der Waals surface area contributed by atoms with Gasteiger partial charge in [-0.15, -0.1) is 0 Å².